The first-order valence-corrected chi connectivity index (χ1v) is 9.36. The van der Waals surface area contributed by atoms with Crippen molar-refractivity contribution in [2.75, 3.05) is 0 Å². The minimum Gasteiger partial charge on any atom is -0.300 e. The minimum absolute atomic E-state index is 0.00923. The average Bonchev–Trinajstić information content (AvgIpc) is 2.80. The van der Waals surface area contributed by atoms with E-state index in [1.807, 2.05) is 0 Å². The Hall–Kier alpha value is -0.990. The first kappa shape index (κ1) is 15.5. The molecule has 4 aliphatic rings. The lowest BCUT2D eigenvalue weighted by atomic mass is 9.44. The van der Waals surface area contributed by atoms with Gasteiger partial charge >= 0.3 is 0 Å². The summed E-state index contributed by atoms with van der Waals surface area (Å²) in [4.78, 5) is 38.0. The van der Waals surface area contributed by atoms with E-state index in [1.165, 1.54) is 0 Å². The predicted molar refractivity (Wildman–Crippen MR) is 86.7 cm³/mol. The number of rotatable bonds is 0. The zero-order chi connectivity index (χ0) is 16.6. The molecule has 0 saturated heterocycles. The fraction of sp³-hybridized carbons (Fsp3) is 0.850. The van der Waals surface area contributed by atoms with Crippen molar-refractivity contribution in [3.8, 4) is 0 Å². The lowest BCUT2D eigenvalue weighted by Crippen LogP contribution is -2.59. The van der Waals surface area contributed by atoms with Gasteiger partial charge in [0.15, 0.2) is 0 Å². The van der Waals surface area contributed by atoms with E-state index in [9.17, 15) is 14.4 Å². The largest absolute Gasteiger partial charge is 0.300 e. The van der Waals surface area contributed by atoms with E-state index in [4.69, 9.17) is 0 Å². The van der Waals surface area contributed by atoms with Crippen LogP contribution in [0, 0.1) is 40.4 Å². The zero-order valence-corrected chi connectivity index (χ0v) is 14.6. The molecule has 23 heavy (non-hydrogen) atoms. The van der Waals surface area contributed by atoms with Gasteiger partial charge in [0.25, 0.3) is 0 Å². The van der Waals surface area contributed by atoms with Crippen molar-refractivity contribution in [1.82, 2.24) is 0 Å². The Morgan fingerprint density at radius 3 is 2.43 bits per heavy atom. The molecule has 0 aliphatic heterocycles. The molecular formula is C20H28O3. The molecule has 3 heteroatoms. The van der Waals surface area contributed by atoms with Crippen LogP contribution in [0.3, 0.4) is 0 Å². The minimum atomic E-state index is -0.287. The van der Waals surface area contributed by atoms with Crippen molar-refractivity contribution in [3.05, 3.63) is 0 Å². The van der Waals surface area contributed by atoms with Gasteiger partial charge in [-0.25, -0.2) is 0 Å². The molecule has 0 bridgehead atoms. The zero-order valence-electron chi connectivity index (χ0n) is 14.6. The van der Waals surface area contributed by atoms with Crippen LogP contribution in [0.1, 0.15) is 65.7 Å². The van der Waals surface area contributed by atoms with Gasteiger partial charge in [-0.15, -0.1) is 0 Å². The van der Waals surface area contributed by atoms with Gasteiger partial charge in [0.2, 0.25) is 0 Å². The molecule has 0 spiro atoms. The number of Topliss-reactive ketones (excluding diaryl/α,β-unsaturated/α-hetero) is 3. The highest BCUT2D eigenvalue weighted by molar-refractivity contribution is 5.92. The van der Waals surface area contributed by atoms with E-state index in [-0.39, 0.29) is 34.5 Å². The summed E-state index contributed by atoms with van der Waals surface area (Å²) in [5.41, 5.74) is -0.278. The second-order valence-corrected chi connectivity index (χ2v) is 9.24. The third-order valence-corrected chi connectivity index (χ3v) is 8.59. The summed E-state index contributed by atoms with van der Waals surface area (Å²) in [6.45, 7) is 6.58. The van der Waals surface area contributed by atoms with Crippen molar-refractivity contribution in [2.45, 2.75) is 65.7 Å². The van der Waals surface area contributed by atoms with Crippen LogP contribution in [-0.4, -0.2) is 17.3 Å². The Morgan fingerprint density at radius 1 is 0.957 bits per heavy atom. The molecule has 4 aliphatic carbocycles. The predicted octanol–water partition coefficient (Wildman–Crippen LogP) is 3.59. The van der Waals surface area contributed by atoms with Gasteiger partial charge in [0.1, 0.15) is 17.3 Å². The standard InChI is InChI=1S/C20H28O3/c1-11-4-5-14-18-15(10-17(23)20(11,14)3)19(2)7-6-13(21)8-12(19)9-16(18)22/h11-12,14-15,18H,4-10H2,1-3H3/t11-,12-,14-,15?,18?,19-,20+/m0/s1. The number of carbonyl (C=O) groups is 3. The van der Waals surface area contributed by atoms with Gasteiger partial charge in [-0.2, -0.15) is 0 Å². The van der Waals surface area contributed by atoms with Crippen LogP contribution >= 0.6 is 0 Å². The van der Waals surface area contributed by atoms with Gasteiger partial charge in [0, 0.05) is 37.0 Å². The van der Waals surface area contributed by atoms with Crippen LogP contribution in [0.15, 0.2) is 0 Å². The first-order valence-electron chi connectivity index (χ1n) is 9.36. The molecule has 0 aromatic carbocycles. The molecule has 2 unspecified atom stereocenters. The summed E-state index contributed by atoms with van der Waals surface area (Å²) in [6.07, 6.45) is 5.29. The molecule has 4 saturated carbocycles. The normalized spacial score (nSPS) is 52.8. The molecule has 0 amide bonds. The lowest BCUT2D eigenvalue weighted by Gasteiger charge is -2.58. The van der Waals surface area contributed by atoms with Crippen molar-refractivity contribution >= 4 is 17.3 Å². The maximum absolute atomic E-state index is 13.1. The summed E-state index contributed by atoms with van der Waals surface area (Å²) in [6, 6.07) is 0. The van der Waals surface area contributed by atoms with Gasteiger partial charge in [-0.05, 0) is 48.3 Å². The molecule has 4 fully saturated rings. The van der Waals surface area contributed by atoms with Crippen LogP contribution in [0.5, 0.6) is 0 Å². The third kappa shape index (κ3) is 1.85. The van der Waals surface area contributed by atoms with Gasteiger partial charge < -0.3 is 0 Å². The SMILES string of the molecule is C[C@H]1CC[C@H]2C3C(=O)C[C@@H]4CC(=O)CC[C@]4(C)C3CC(=O)[C@]12C. The van der Waals surface area contributed by atoms with Crippen molar-refractivity contribution < 1.29 is 14.4 Å². The summed E-state index contributed by atoms with van der Waals surface area (Å²) in [7, 11) is 0. The smallest absolute Gasteiger partial charge is 0.139 e. The number of fused-ring (bicyclic) bond motifs is 5. The van der Waals surface area contributed by atoms with Crippen LogP contribution < -0.4 is 0 Å². The van der Waals surface area contributed by atoms with E-state index in [0.717, 1.165) is 19.3 Å². The molecule has 0 heterocycles. The number of ketones is 3. The summed E-state index contributed by atoms with van der Waals surface area (Å²) >= 11 is 0. The Balaban J connectivity index is 1.75. The third-order valence-electron chi connectivity index (χ3n) is 8.59. The molecule has 0 radical (unpaired) electrons. The molecule has 4 rings (SSSR count). The highest BCUT2D eigenvalue weighted by Gasteiger charge is 2.64. The van der Waals surface area contributed by atoms with E-state index in [0.29, 0.717) is 49.0 Å². The Kier molecular flexibility index (Phi) is 3.22. The number of carbonyl (C=O) groups excluding carboxylic acids is 3. The van der Waals surface area contributed by atoms with Gasteiger partial charge in [0.05, 0.1) is 0 Å². The molecule has 7 atom stereocenters. The second-order valence-electron chi connectivity index (χ2n) is 9.24. The molecular weight excluding hydrogens is 288 g/mol. The van der Waals surface area contributed by atoms with Gasteiger partial charge in [-0.3, -0.25) is 14.4 Å². The van der Waals surface area contributed by atoms with Crippen LogP contribution in [-0.2, 0) is 14.4 Å². The fourth-order valence-electron chi connectivity index (χ4n) is 6.74. The van der Waals surface area contributed by atoms with Crippen LogP contribution in [0.25, 0.3) is 0 Å². The maximum Gasteiger partial charge on any atom is 0.139 e. The molecule has 126 valence electrons. The summed E-state index contributed by atoms with van der Waals surface area (Å²) in [5, 5.41) is 0. The molecule has 0 aromatic rings. The molecule has 0 aromatic heterocycles. The Morgan fingerprint density at radius 2 is 1.70 bits per heavy atom. The molecule has 3 nitrogen and oxygen atoms in total. The van der Waals surface area contributed by atoms with Crippen LogP contribution in [0.2, 0.25) is 0 Å². The highest BCUT2D eigenvalue weighted by atomic mass is 16.1. The Labute approximate surface area is 138 Å². The number of hydrogen-bond donors (Lipinski definition) is 0. The quantitative estimate of drug-likeness (QED) is 0.686. The van der Waals surface area contributed by atoms with E-state index in [2.05, 4.69) is 20.8 Å². The lowest BCUT2D eigenvalue weighted by molar-refractivity contribution is -0.165. The Bertz CT molecular complexity index is 594. The molecule has 0 N–H and O–H groups in total. The van der Waals surface area contributed by atoms with E-state index < -0.39 is 0 Å². The van der Waals surface area contributed by atoms with Crippen molar-refractivity contribution in [2.24, 2.45) is 40.4 Å². The van der Waals surface area contributed by atoms with Gasteiger partial charge in [-0.1, -0.05) is 20.8 Å². The van der Waals surface area contributed by atoms with Crippen molar-refractivity contribution in [3.63, 3.8) is 0 Å². The maximum atomic E-state index is 13.1. The van der Waals surface area contributed by atoms with E-state index in [1.54, 1.807) is 0 Å². The monoisotopic (exact) mass is 316 g/mol. The highest BCUT2D eigenvalue weighted by Crippen LogP contribution is 2.65. The average molecular weight is 316 g/mol. The van der Waals surface area contributed by atoms with Crippen LogP contribution in [0.4, 0.5) is 0 Å². The fourth-order valence-corrected chi connectivity index (χ4v) is 6.74. The summed E-state index contributed by atoms with van der Waals surface area (Å²) < 4.78 is 0. The topological polar surface area (TPSA) is 51.2 Å². The number of hydrogen-bond acceptors (Lipinski definition) is 3. The van der Waals surface area contributed by atoms with Crippen molar-refractivity contribution in [1.29, 1.82) is 0 Å². The second kappa shape index (κ2) is 4.77. The summed E-state index contributed by atoms with van der Waals surface area (Å²) in [5.74, 6) is 2.10. The van der Waals surface area contributed by atoms with E-state index >= 15 is 0 Å². The first-order chi connectivity index (χ1) is 10.8.